The number of rotatable bonds is 5. The van der Waals surface area contributed by atoms with E-state index in [-0.39, 0.29) is 24.0 Å². The molecule has 136 valence electrons. The summed E-state index contributed by atoms with van der Waals surface area (Å²) in [4.78, 5) is 33.5. The quantitative estimate of drug-likeness (QED) is 0.780. The van der Waals surface area contributed by atoms with Gasteiger partial charge in [0.2, 0.25) is 5.91 Å². The summed E-state index contributed by atoms with van der Waals surface area (Å²) in [5.41, 5.74) is 1.38. The minimum absolute atomic E-state index is 0.0517. The molecule has 2 aromatic rings. The number of amides is 1. The number of aliphatic hydroxyl groups excluding tert-OH is 1. The summed E-state index contributed by atoms with van der Waals surface area (Å²) in [6.07, 6.45) is 2.13. The lowest BCUT2D eigenvalue weighted by atomic mass is 10.1. The first-order valence-corrected chi connectivity index (χ1v) is 8.73. The molecular formula is C17H25N5O3. The highest BCUT2D eigenvalue weighted by molar-refractivity contribution is 5.79. The van der Waals surface area contributed by atoms with Crippen molar-refractivity contribution in [3.05, 3.63) is 33.9 Å². The van der Waals surface area contributed by atoms with Crippen molar-refractivity contribution in [2.24, 2.45) is 0 Å². The Kier molecular flexibility index (Phi) is 5.19. The van der Waals surface area contributed by atoms with Gasteiger partial charge in [0.1, 0.15) is 0 Å². The fourth-order valence-electron chi connectivity index (χ4n) is 3.18. The third kappa shape index (κ3) is 3.74. The summed E-state index contributed by atoms with van der Waals surface area (Å²) in [6.45, 7) is 7.10. The Hall–Kier alpha value is -2.19. The van der Waals surface area contributed by atoms with Crippen molar-refractivity contribution in [1.29, 1.82) is 0 Å². The van der Waals surface area contributed by atoms with Crippen molar-refractivity contribution < 1.29 is 9.90 Å². The number of nitrogens with one attached hydrogen (secondary N) is 1. The maximum atomic E-state index is 12.6. The fourth-order valence-corrected chi connectivity index (χ4v) is 3.18. The van der Waals surface area contributed by atoms with E-state index < -0.39 is 0 Å². The molecule has 1 aliphatic heterocycles. The standard InChI is InChI=1S/C17H25N5O3/c1-3-13(23)11-20-6-8-21(9-7-20)16(24)10-14-12(2)19-15-4-5-18-22(15)17(14)25/h4-5,13,18,23H,3,6-11H2,1-2H3. The van der Waals surface area contributed by atoms with Gasteiger partial charge in [-0.2, -0.15) is 0 Å². The lowest BCUT2D eigenvalue weighted by Crippen LogP contribution is -2.51. The molecule has 8 nitrogen and oxygen atoms in total. The molecule has 2 aromatic heterocycles. The third-order valence-corrected chi connectivity index (χ3v) is 4.84. The topological polar surface area (TPSA) is 93.9 Å². The largest absolute Gasteiger partial charge is 0.392 e. The molecule has 2 N–H and O–H groups in total. The Labute approximate surface area is 146 Å². The van der Waals surface area contributed by atoms with Crippen LogP contribution in [0.4, 0.5) is 0 Å². The average molecular weight is 347 g/mol. The van der Waals surface area contributed by atoms with Gasteiger partial charge in [0.15, 0.2) is 5.65 Å². The predicted octanol–water partition coefficient (Wildman–Crippen LogP) is -0.211. The number of piperazine rings is 1. The number of fused-ring (bicyclic) bond motifs is 1. The van der Waals surface area contributed by atoms with Gasteiger partial charge in [-0.05, 0) is 13.3 Å². The van der Waals surface area contributed by atoms with E-state index >= 15 is 0 Å². The number of hydrogen-bond acceptors (Lipinski definition) is 5. The first-order valence-electron chi connectivity index (χ1n) is 8.73. The normalized spacial score (nSPS) is 17.2. The minimum Gasteiger partial charge on any atom is -0.392 e. The molecular weight excluding hydrogens is 322 g/mol. The Bertz CT molecular complexity index is 804. The second kappa shape index (κ2) is 7.37. The summed E-state index contributed by atoms with van der Waals surface area (Å²) < 4.78 is 1.36. The molecule has 8 heteroatoms. The van der Waals surface area contributed by atoms with E-state index in [0.717, 1.165) is 19.5 Å². The van der Waals surface area contributed by atoms with Crippen molar-refractivity contribution in [2.75, 3.05) is 32.7 Å². The molecule has 1 aliphatic rings. The average Bonchev–Trinajstić information content (AvgIpc) is 3.07. The van der Waals surface area contributed by atoms with Crippen molar-refractivity contribution in [1.82, 2.24) is 24.4 Å². The molecule has 0 radical (unpaired) electrons. The third-order valence-electron chi connectivity index (χ3n) is 4.84. The molecule has 0 aromatic carbocycles. The van der Waals surface area contributed by atoms with Crippen LogP contribution in [0, 0.1) is 6.92 Å². The lowest BCUT2D eigenvalue weighted by molar-refractivity contribution is -0.132. The summed E-state index contributed by atoms with van der Waals surface area (Å²) in [5, 5.41) is 12.6. The van der Waals surface area contributed by atoms with Crippen molar-refractivity contribution in [3.63, 3.8) is 0 Å². The Morgan fingerprint density at radius 1 is 1.36 bits per heavy atom. The molecule has 1 amide bonds. The van der Waals surface area contributed by atoms with E-state index in [1.54, 1.807) is 24.1 Å². The molecule has 1 fully saturated rings. The van der Waals surface area contributed by atoms with Crippen LogP contribution in [0.5, 0.6) is 0 Å². The van der Waals surface area contributed by atoms with Crippen LogP contribution in [0.25, 0.3) is 5.65 Å². The summed E-state index contributed by atoms with van der Waals surface area (Å²) in [5.74, 6) is -0.0517. The van der Waals surface area contributed by atoms with E-state index in [9.17, 15) is 14.7 Å². The zero-order chi connectivity index (χ0) is 18.0. The van der Waals surface area contributed by atoms with Gasteiger partial charge in [-0.25, -0.2) is 9.50 Å². The van der Waals surface area contributed by atoms with Crippen LogP contribution >= 0.6 is 0 Å². The van der Waals surface area contributed by atoms with Crippen LogP contribution in [0.2, 0.25) is 0 Å². The van der Waals surface area contributed by atoms with Gasteiger partial charge in [0.05, 0.1) is 12.5 Å². The van der Waals surface area contributed by atoms with E-state index in [2.05, 4.69) is 15.0 Å². The lowest BCUT2D eigenvalue weighted by Gasteiger charge is -2.35. The Morgan fingerprint density at radius 3 is 2.76 bits per heavy atom. The number of aromatic nitrogens is 3. The van der Waals surface area contributed by atoms with Crippen molar-refractivity contribution >= 4 is 11.6 Å². The van der Waals surface area contributed by atoms with E-state index in [4.69, 9.17) is 0 Å². The molecule has 1 atom stereocenters. The predicted molar refractivity (Wildman–Crippen MR) is 93.6 cm³/mol. The molecule has 25 heavy (non-hydrogen) atoms. The molecule has 0 aliphatic carbocycles. The number of carbonyl (C=O) groups excluding carboxylic acids is 1. The molecule has 0 saturated carbocycles. The maximum Gasteiger partial charge on any atom is 0.276 e. The summed E-state index contributed by atoms with van der Waals surface area (Å²) in [7, 11) is 0. The van der Waals surface area contributed by atoms with Crippen LogP contribution in [0.1, 0.15) is 24.6 Å². The van der Waals surface area contributed by atoms with E-state index in [0.29, 0.717) is 36.5 Å². The van der Waals surface area contributed by atoms with E-state index in [1.807, 2.05) is 6.92 Å². The number of nitrogens with zero attached hydrogens (tertiary/aromatic N) is 4. The highest BCUT2D eigenvalue weighted by Gasteiger charge is 2.24. The van der Waals surface area contributed by atoms with Crippen molar-refractivity contribution in [3.8, 4) is 0 Å². The fraction of sp³-hybridized carbons (Fsp3) is 0.588. The second-order valence-electron chi connectivity index (χ2n) is 6.56. The first kappa shape index (κ1) is 17.6. The second-order valence-corrected chi connectivity index (χ2v) is 6.56. The van der Waals surface area contributed by atoms with Gasteiger partial charge in [-0.3, -0.25) is 19.6 Å². The number of aryl methyl sites for hydroxylation is 1. The summed E-state index contributed by atoms with van der Waals surface area (Å²) in [6, 6.07) is 1.73. The van der Waals surface area contributed by atoms with Gasteiger partial charge in [-0.1, -0.05) is 6.92 Å². The van der Waals surface area contributed by atoms with Crippen LogP contribution in [-0.4, -0.2) is 74.2 Å². The highest BCUT2D eigenvalue weighted by atomic mass is 16.3. The maximum absolute atomic E-state index is 12.6. The van der Waals surface area contributed by atoms with Crippen LogP contribution in [-0.2, 0) is 11.2 Å². The minimum atomic E-state index is -0.316. The SMILES string of the molecule is CCC(O)CN1CCN(C(=O)Cc2c(C)nc3cc[nH]n3c2=O)CC1. The van der Waals surface area contributed by atoms with Crippen LogP contribution in [0.3, 0.4) is 0 Å². The first-order chi connectivity index (χ1) is 12.0. The number of β-amino-alcohol motifs (C(OH)–C–C–N with tert-alkyl or cyclic N) is 1. The van der Waals surface area contributed by atoms with Gasteiger partial charge in [-0.15, -0.1) is 0 Å². The number of hydrogen-bond donors (Lipinski definition) is 2. The molecule has 3 rings (SSSR count). The van der Waals surface area contributed by atoms with Gasteiger partial charge in [0, 0.05) is 56.2 Å². The molecule has 1 unspecified atom stereocenters. The molecule has 0 bridgehead atoms. The highest BCUT2D eigenvalue weighted by Crippen LogP contribution is 2.09. The molecule has 0 spiro atoms. The zero-order valence-corrected chi connectivity index (χ0v) is 14.7. The monoisotopic (exact) mass is 347 g/mol. The van der Waals surface area contributed by atoms with Gasteiger partial charge < -0.3 is 10.0 Å². The van der Waals surface area contributed by atoms with E-state index in [1.165, 1.54) is 4.52 Å². The van der Waals surface area contributed by atoms with Crippen LogP contribution < -0.4 is 5.56 Å². The zero-order valence-electron chi connectivity index (χ0n) is 14.7. The number of aromatic amines is 1. The van der Waals surface area contributed by atoms with Gasteiger partial charge in [0.25, 0.3) is 5.56 Å². The number of carbonyl (C=O) groups is 1. The Balaban J connectivity index is 1.65. The number of aliphatic hydroxyl groups is 1. The molecule has 1 saturated heterocycles. The van der Waals surface area contributed by atoms with Crippen LogP contribution in [0.15, 0.2) is 17.1 Å². The number of H-pyrrole nitrogens is 1. The Morgan fingerprint density at radius 2 is 2.08 bits per heavy atom. The van der Waals surface area contributed by atoms with Gasteiger partial charge >= 0.3 is 0 Å². The molecule has 3 heterocycles. The smallest absolute Gasteiger partial charge is 0.276 e. The summed E-state index contributed by atoms with van der Waals surface area (Å²) >= 11 is 0. The van der Waals surface area contributed by atoms with Crippen molar-refractivity contribution in [2.45, 2.75) is 32.8 Å².